The third-order valence-corrected chi connectivity index (χ3v) is 3.10. The van der Waals surface area contributed by atoms with Gasteiger partial charge in [0.2, 0.25) is 0 Å². The summed E-state index contributed by atoms with van der Waals surface area (Å²) < 4.78 is 0. The Hall–Kier alpha value is -1.61. The molecule has 0 saturated carbocycles. The molecule has 1 aliphatic carbocycles. The van der Waals surface area contributed by atoms with E-state index in [0.717, 1.165) is 24.4 Å². The van der Waals surface area contributed by atoms with E-state index in [1.165, 1.54) is 22.4 Å². The Morgan fingerprint density at radius 2 is 2.31 bits per heavy atom. The normalized spacial score (nSPS) is 12.6. The second kappa shape index (κ2) is 3.46. The van der Waals surface area contributed by atoms with E-state index in [-0.39, 0.29) is 0 Å². The number of hydrogen-bond donors (Lipinski definition) is 2. The Balaban J connectivity index is 2.08. The molecule has 82 valence electrons. The minimum Gasteiger partial charge on any atom is -0.345 e. The van der Waals surface area contributed by atoms with Crippen molar-refractivity contribution in [2.45, 2.75) is 19.8 Å². The topological polar surface area (TPSA) is 54.7 Å². The number of hydrogen-bond acceptors (Lipinski definition) is 2. The molecule has 1 aliphatic rings. The molecule has 0 saturated heterocycles. The third-order valence-electron chi connectivity index (χ3n) is 3.10. The SMILES string of the molecule is Cc1ccc2c(c1)-c1nc(CCN)[nH]c1C2. The smallest absolute Gasteiger partial charge is 0.108 e. The maximum Gasteiger partial charge on any atom is 0.108 e. The van der Waals surface area contributed by atoms with Crippen LogP contribution in [0.2, 0.25) is 0 Å². The summed E-state index contributed by atoms with van der Waals surface area (Å²) >= 11 is 0. The van der Waals surface area contributed by atoms with Gasteiger partial charge < -0.3 is 10.7 Å². The summed E-state index contributed by atoms with van der Waals surface area (Å²) in [5.74, 6) is 1.01. The Morgan fingerprint density at radius 3 is 3.12 bits per heavy atom. The molecule has 0 aliphatic heterocycles. The molecule has 0 spiro atoms. The molecule has 3 heteroatoms. The predicted molar refractivity (Wildman–Crippen MR) is 64.3 cm³/mol. The Kier molecular flexibility index (Phi) is 2.07. The first kappa shape index (κ1) is 9.60. The minimum absolute atomic E-state index is 0.646. The van der Waals surface area contributed by atoms with Crippen molar-refractivity contribution in [1.82, 2.24) is 9.97 Å². The van der Waals surface area contributed by atoms with Gasteiger partial charge in [-0.2, -0.15) is 0 Å². The standard InChI is InChI=1S/C13H15N3/c1-8-2-3-9-7-11-13(10(9)6-8)16-12(15-11)4-5-14/h2-3,6H,4-5,7,14H2,1H3,(H,15,16). The minimum atomic E-state index is 0.646. The monoisotopic (exact) mass is 213 g/mol. The van der Waals surface area contributed by atoms with Crippen molar-refractivity contribution in [3.63, 3.8) is 0 Å². The van der Waals surface area contributed by atoms with Crippen LogP contribution in [0.25, 0.3) is 11.3 Å². The van der Waals surface area contributed by atoms with E-state index in [1.807, 2.05) is 0 Å². The fraction of sp³-hybridized carbons (Fsp3) is 0.308. The molecule has 0 atom stereocenters. The van der Waals surface area contributed by atoms with Crippen LogP contribution in [0.1, 0.15) is 22.6 Å². The molecular weight excluding hydrogens is 198 g/mol. The van der Waals surface area contributed by atoms with Crippen molar-refractivity contribution in [3.05, 3.63) is 40.8 Å². The molecule has 0 bridgehead atoms. The van der Waals surface area contributed by atoms with Crippen LogP contribution in [0, 0.1) is 6.92 Å². The number of benzene rings is 1. The summed E-state index contributed by atoms with van der Waals surface area (Å²) in [4.78, 5) is 8.00. The predicted octanol–water partition coefficient (Wildman–Crippen LogP) is 1.79. The summed E-state index contributed by atoms with van der Waals surface area (Å²) in [5.41, 5.74) is 11.9. The van der Waals surface area contributed by atoms with E-state index in [2.05, 4.69) is 35.1 Å². The van der Waals surface area contributed by atoms with Crippen LogP contribution in [-0.2, 0) is 12.8 Å². The highest BCUT2D eigenvalue weighted by Gasteiger charge is 2.22. The third kappa shape index (κ3) is 1.36. The highest BCUT2D eigenvalue weighted by molar-refractivity contribution is 5.73. The number of H-pyrrole nitrogens is 1. The van der Waals surface area contributed by atoms with Crippen LogP contribution >= 0.6 is 0 Å². The van der Waals surface area contributed by atoms with Crippen molar-refractivity contribution in [1.29, 1.82) is 0 Å². The first-order valence-corrected chi connectivity index (χ1v) is 5.65. The van der Waals surface area contributed by atoms with Crippen molar-refractivity contribution < 1.29 is 0 Å². The van der Waals surface area contributed by atoms with E-state index in [9.17, 15) is 0 Å². The van der Waals surface area contributed by atoms with Crippen LogP contribution in [0.3, 0.4) is 0 Å². The molecule has 3 nitrogen and oxygen atoms in total. The zero-order chi connectivity index (χ0) is 11.1. The lowest BCUT2D eigenvalue weighted by molar-refractivity contribution is 0.886. The Bertz CT molecular complexity index is 540. The number of aromatic nitrogens is 2. The first-order valence-electron chi connectivity index (χ1n) is 5.65. The molecule has 3 rings (SSSR count). The van der Waals surface area contributed by atoms with E-state index in [1.54, 1.807) is 0 Å². The number of aryl methyl sites for hydroxylation is 1. The molecule has 1 heterocycles. The van der Waals surface area contributed by atoms with Crippen LogP contribution in [0.4, 0.5) is 0 Å². The van der Waals surface area contributed by atoms with E-state index < -0.39 is 0 Å². The summed E-state index contributed by atoms with van der Waals surface area (Å²) in [6.07, 6.45) is 1.80. The zero-order valence-electron chi connectivity index (χ0n) is 9.38. The molecule has 0 unspecified atom stereocenters. The van der Waals surface area contributed by atoms with Gasteiger partial charge in [0.05, 0.1) is 5.69 Å². The molecule has 0 amide bonds. The maximum atomic E-state index is 5.54. The Morgan fingerprint density at radius 1 is 1.44 bits per heavy atom. The van der Waals surface area contributed by atoms with E-state index >= 15 is 0 Å². The van der Waals surface area contributed by atoms with Gasteiger partial charge in [-0.05, 0) is 25.1 Å². The van der Waals surface area contributed by atoms with Crippen LogP contribution in [0.5, 0.6) is 0 Å². The second-order valence-electron chi connectivity index (χ2n) is 4.39. The van der Waals surface area contributed by atoms with Crippen LogP contribution < -0.4 is 5.73 Å². The van der Waals surface area contributed by atoms with Gasteiger partial charge in [-0.25, -0.2) is 4.98 Å². The van der Waals surface area contributed by atoms with Gasteiger partial charge in [-0.1, -0.05) is 17.7 Å². The average molecular weight is 213 g/mol. The highest BCUT2D eigenvalue weighted by atomic mass is 14.9. The second-order valence-corrected chi connectivity index (χ2v) is 4.39. The largest absolute Gasteiger partial charge is 0.345 e. The molecule has 0 fully saturated rings. The van der Waals surface area contributed by atoms with Gasteiger partial charge in [0, 0.05) is 24.1 Å². The highest BCUT2D eigenvalue weighted by Crippen LogP contribution is 2.35. The lowest BCUT2D eigenvalue weighted by atomic mass is 10.1. The van der Waals surface area contributed by atoms with Crippen LogP contribution in [-0.4, -0.2) is 16.5 Å². The molecule has 3 N–H and O–H groups in total. The molecular formula is C13H15N3. The summed E-state index contributed by atoms with van der Waals surface area (Å²) in [6, 6.07) is 6.57. The van der Waals surface area contributed by atoms with Crippen molar-refractivity contribution in [3.8, 4) is 11.3 Å². The van der Waals surface area contributed by atoms with Gasteiger partial charge in [-0.15, -0.1) is 0 Å². The lowest BCUT2D eigenvalue weighted by Gasteiger charge is -2.00. The van der Waals surface area contributed by atoms with Gasteiger partial charge in [0.1, 0.15) is 5.82 Å². The summed E-state index contributed by atoms with van der Waals surface area (Å²) in [5, 5.41) is 0. The van der Waals surface area contributed by atoms with Gasteiger partial charge in [0.15, 0.2) is 0 Å². The number of imidazole rings is 1. The molecule has 16 heavy (non-hydrogen) atoms. The summed E-state index contributed by atoms with van der Waals surface area (Å²) in [7, 11) is 0. The number of aromatic amines is 1. The molecule has 1 aromatic heterocycles. The van der Waals surface area contributed by atoms with Crippen LogP contribution in [0.15, 0.2) is 18.2 Å². The van der Waals surface area contributed by atoms with Gasteiger partial charge >= 0.3 is 0 Å². The number of nitrogens with one attached hydrogen (secondary N) is 1. The fourth-order valence-electron chi connectivity index (χ4n) is 2.32. The molecule has 1 aromatic carbocycles. The van der Waals surface area contributed by atoms with Crippen molar-refractivity contribution in [2.75, 3.05) is 6.54 Å². The molecule has 2 aromatic rings. The Labute approximate surface area is 94.7 Å². The average Bonchev–Trinajstić information content (AvgIpc) is 2.76. The lowest BCUT2D eigenvalue weighted by Crippen LogP contribution is -2.04. The summed E-state index contributed by atoms with van der Waals surface area (Å²) in [6.45, 7) is 2.76. The number of fused-ring (bicyclic) bond motifs is 3. The van der Waals surface area contributed by atoms with Gasteiger partial charge in [0.25, 0.3) is 0 Å². The number of rotatable bonds is 2. The van der Waals surface area contributed by atoms with Gasteiger partial charge in [-0.3, -0.25) is 0 Å². The molecule has 0 radical (unpaired) electrons. The van der Waals surface area contributed by atoms with E-state index in [0.29, 0.717) is 6.54 Å². The zero-order valence-corrected chi connectivity index (χ0v) is 9.38. The fourth-order valence-corrected chi connectivity index (χ4v) is 2.32. The van der Waals surface area contributed by atoms with Crippen molar-refractivity contribution in [2.24, 2.45) is 5.73 Å². The van der Waals surface area contributed by atoms with Crippen molar-refractivity contribution >= 4 is 0 Å². The quantitative estimate of drug-likeness (QED) is 0.682. The van der Waals surface area contributed by atoms with E-state index in [4.69, 9.17) is 5.73 Å². The number of nitrogens with two attached hydrogens (primary N) is 1. The first-order chi connectivity index (χ1) is 7.78. The maximum absolute atomic E-state index is 5.54. The number of nitrogens with zero attached hydrogens (tertiary/aromatic N) is 1.